The van der Waals surface area contributed by atoms with Gasteiger partial charge in [0.05, 0.1) is 22.3 Å². The fraction of sp³-hybridized carbons (Fsp3) is 0.485. The van der Waals surface area contributed by atoms with Crippen molar-refractivity contribution in [2.24, 2.45) is 0 Å². The zero-order chi connectivity index (χ0) is 31.2. The smallest absolute Gasteiger partial charge is 0.389 e. The lowest BCUT2D eigenvalue weighted by Crippen LogP contribution is -2.42. The molecule has 1 amide bonds. The summed E-state index contributed by atoms with van der Waals surface area (Å²) < 4.78 is 41.8. The fourth-order valence-electron chi connectivity index (χ4n) is 6.49. The molecule has 0 radical (unpaired) electrons. The maximum Gasteiger partial charge on any atom is 0.419 e. The molecule has 1 fully saturated rings. The van der Waals surface area contributed by atoms with Gasteiger partial charge in [0.15, 0.2) is 0 Å². The zero-order valence-corrected chi connectivity index (χ0v) is 25.4. The van der Waals surface area contributed by atoms with Gasteiger partial charge in [-0.15, -0.1) is 0 Å². The third kappa shape index (κ3) is 6.86. The molecule has 7 nitrogen and oxygen atoms in total. The van der Waals surface area contributed by atoms with Crippen molar-refractivity contribution in [3.05, 3.63) is 76.1 Å². The molecule has 1 saturated heterocycles. The Morgan fingerprint density at radius 2 is 1.84 bits per heavy atom. The van der Waals surface area contributed by atoms with Crippen LogP contribution >= 0.6 is 0 Å². The number of aryl methyl sites for hydroxylation is 3. The Kier molecular flexibility index (Phi) is 8.30. The number of nitrogens with one attached hydrogen (secondary N) is 2. The van der Waals surface area contributed by atoms with E-state index in [0.29, 0.717) is 30.3 Å². The van der Waals surface area contributed by atoms with Gasteiger partial charge in [-0.05, 0) is 120 Å². The molecule has 2 aliphatic rings. The molecule has 230 valence electrons. The van der Waals surface area contributed by atoms with Crippen molar-refractivity contribution >= 4 is 23.2 Å². The maximum absolute atomic E-state index is 13.9. The Labute approximate surface area is 250 Å². The SMILES string of the molecule is Cc1cc(Nc2ncc(C(F)(F)F)c(CCc3cccc4c3C(C)(C)C(=O)N4)n2)ccc1C1CCN(CC(C)(C)O)CC1. The number of hydrogen-bond donors (Lipinski definition) is 3. The number of hydrogen-bond acceptors (Lipinski definition) is 6. The number of benzene rings is 2. The number of amides is 1. The molecule has 0 spiro atoms. The number of β-amino-alcohol motifs (C(OH)–C–C–N with tert-alkyl or cyclic N) is 1. The first-order valence-corrected chi connectivity index (χ1v) is 14.8. The van der Waals surface area contributed by atoms with Gasteiger partial charge in [0.25, 0.3) is 0 Å². The number of nitrogens with zero attached hydrogens (tertiary/aromatic N) is 3. The number of carbonyl (C=O) groups excluding carboxylic acids is 1. The van der Waals surface area contributed by atoms with E-state index in [-0.39, 0.29) is 24.0 Å². The Morgan fingerprint density at radius 3 is 2.49 bits per heavy atom. The Hall–Kier alpha value is -3.50. The summed E-state index contributed by atoms with van der Waals surface area (Å²) in [7, 11) is 0. The van der Waals surface area contributed by atoms with Crippen LogP contribution in [0.2, 0.25) is 0 Å². The first-order valence-electron chi connectivity index (χ1n) is 14.8. The number of carbonyl (C=O) groups is 1. The van der Waals surface area contributed by atoms with Crippen LogP contribution in [0, 0.1) is 6.92 Å². The summed E-state index contributed by atoms with van der Waals surface area (Å²) in [6.45, 7) is 11.8. The first kappa shape index (κ1) is 30.9. The predicted octanol–water partition coefficient (Wildman–Crippen LogP) is 6.51. The first-order chi connectivity index (χ1) is 20.1. The van der Waals surface area contributed by atoms with Crippen molar-refractivity contribution in [3.8, 4) is 0 Å². The number of alkyl halides is 3. The third-order valence-corrected chi connectivity index (χ3v) is 8.56. The second kappa shape index (κ2) is 11.5. The molecule has 3 N–H and O–H groups in total. The molecule has 0 unspecified atom stereocenters. The monoisotopic (exact) mass is 595 g/mol. The normalized spacial score (nSPS) is 17.6. The van der Waals surface area contributed by atoms with E-state index in [9.17, 15) is 23.1 Å². The maximum atomic E-state index is 13.9. The van der Waals surface area contributed by atoms with Crippen LogP contribution in [0.15, 0.2) is 42.6 Å². The van der Waals surface area contributed by atoms with E-state index in [0.717, 1.165) is 48.8 Å². The quantitative estimate of drug-likeness (QED) is 0.275. The van der Waals surface area contributed by atoms with Crippen LogP contribution in [-0.4, -0.2) is 51.1 Å². The lowest BCUT2D eigenvalue weighted by Gasteiger charge is -2.36. The summed E-state index contributed by atoms with van der Waals surface area (Å²) >= 11 is 0. The molecule has 10 heteroatoms. The van der Waals surface area contributed by atoms with E-state index in [1.807, 2.05) is 58.9 Å². The number of fused-ring (bicyclic) bond motifs is 1. The average Bonchev–Trinajstić information content (AvgIpc) is 3.15. The minimum Gasteiger partial charge on any atom is -0.389 e. The Morgan fingerprint density at radius 1 is 1.12 bits per heavy atom. The summed E-state index contributed by atoms with van der Waals surface area (Å²) in [4.78, 5) is 23.1. The minimum absolute atomic E-state index is 0.0386. The lowest BCUT2D eigenvalue weighted by molar-refractivity contribution is -0.138. The molecule has 3 heterocycles. The highest BCUT2D eigenvalue weighted by Gasteiger charge is 2.40. The summed E-state index contributed by atoms with van der Waals surface area (Å²) in [6, 6.07) is 11.5. The van der Waals surface area contributed by atoms with E-state index in [4.69, 9.17) is 0 Å². The number of aromatic nitrogens is 2. The number of halogens is 3. The molecule has 2 aliphatic heterocycles. The number of anilines is 3. The summed E-state index contributed by atoms with van der Waals surface area (Å²) in [5.74, 6) is 0.387. The molecule has 5 rings (SSSR count). The van der Waals surface area contributed by atoms with Gasteiger partial charge in [-0.3, -0.25) is 4.79 Å². The molecule has 1 aromatic heterocycles. The van der Waals surface area contributed by atoms with Crippen molar-refractivity contribution in [2.75, 3.05) is 30.3 Å². The van der Waals surface area contributed by atoms with Gasteiger partial charge in [0.2, 0.25) is 11.9 Å². The van der Waals surface area contributed by atoms with E-state index < -0.39 is 22.8 Å². The van der Waals surface area contributed by atoms with Crippen molar-refractivity contribution in [1.82, 2.24) is 14.9 Å². The standard InChI is InChI=1S/C33H40F3N5O2/c1-20-17-23(10-11-24(20)21-13-15-41(16-14-21)19-31(2,3)43)38-30-37-18-25(33(34,35)36)26(40-30)12-9-22-7-6-8-27-28(22)32(4,5)29(42)39-27/h6-8,10-11,17-18,21,43H,9,12-16,19H2,1-5H3,(H,39,42)(H,37,38,40). The van der Waals surface area contributed by atoms with Gasteiger partial charge in [-0.25, -0.2) is 9.97 Å². The average molecular weight is 596 g/mol. The van der Waals surface area contributed by atoms with Gasteiger partial charge < -0.3 is 20.6 Å². The highest BCUT2D eigenvalue weighted by molar-refractivity contribution is 6.06. The van der Waals surface area contributed by atoms with Crippen LogP contribution in [0.3, 0.4) is 0 Å². The highest BCUT2D eigenvalue weighted by atomic mass is 19.4. The molecule has 0 aliphatic carbocycles. The van der Waals surface area contributed by atoms with Crippen molar-refractivity contribution in [3.63, 3.8) is 0 Å². The molecule has 0 atom stereocenters. The minimum atomic E-state index is -4.59. The van der Waals surface area contributed by atoms with E-state index in [1.165, 1.54) is 5.56 Å². The van der Waals surface area contributed by atoms with Crippen LogP contribution in [0.5, 0.6) is 0 Å². The van der Waals surface area contributed by atoms with Gasteiger partial charge in [-0.2, -0.15) is 13.2 Å². The van der Waals surface area contributed by atoms with Crippen LogP contribution < -0.4 is 10.6 Å². The molecule has 43 heavy (non-hydrogen) atoms. The van der Waals surface area contributed by atoms with Crippen LogP contribution in [0.25, 0.3) is 0 Å². The van der Waals surface area contributed by atoms with E-state index in [2.05, 4.69) is 31.6 Å². The van der Waals surface area contributed by atoms with E-state index >= 15 is 0 Å². The summed E-state index contributed by atoms with van der Waals surface area (Å²) in [5.41, 5.74) is 2.96. The van der Waals surface area contributed by atoms with Gasteiger partial charge >= 0.3 is 6.18 Å². The van der Waals surface area contributed by atoms with Crippen LogP contribution in [-0.2, 0) is 29.2 Å². The van der Waals surface area contributed by atoms with E-state index in [1.54, 1.807) is 6.07 Å². The highest BCUT2D eigenvalue weighted by Crippen LogP contribution is 2.40. The largest absolute Gasteiger partial charge is 0.419 e. The second-order valence-electron chi connectivity index (χ2n) is 13.0. The Balaban J connectivity index is 1.31. The van der Waals surface area contributed by atoms with Gasteiger partial charge in [0, 0.05) is 24.1 Å². The second-order valence-corrected chi connectivity index (χ2v) is 13.0. The van der Waals surface area contributed by atoms with Gasteiger partial charge in [0.1, 0.15) is 0 Å². The van der Waals surface area contributed by atoms with Crippen LogP contribution in [0.4, 0.5) is 30.5 Å². The zero-order valence-electron chi connectivity index (χ0n) is 25.4. The number of aliphatic hydroxyl groups is 1. The molecular weight excluding hydrogens is 555 g/mol. The van der Waals surface area contributed by atoms with Gasteiger partial charge in [-0.1, -0.05) is 18.2 Å². The number of rotatable bonds is 8. The fourth-order valence-corrected chi connectivity index (χ4v) is 6.49. The molecule has 2 aromatic carbocycles. The lowest BCUT2D eigenvalue weighted by atomic mass is 9.82. The van der Waals surface area contributed by atoms with Crippen molar-refractivity contribution in [2.45, 2.75) is 83.4 Å². The predicted molar refractivity (Wildman–Crippen MR) is 162 cm³/mol. The Bertz CT molecular complexity index is 1510. The number of piperidine rings is 1. The number of likely N-dealkylation sites (tertiary alicyclic amines) is 1. The van der Waals surface area contributed by atoms with Crippen molar-refractivity contribution in [1.29, 1.82) is 0 Å². The summed E-state index contributed by atoms with van der Waals surface area (Å²) in [5, 5.41) is 16.1. The van der Waals surface area contributed by atoms with Crippen LogP contribution in [0.1, 0.15) is 80.0 Å². The topological polar surface area (TPSA) is 90.4 Å². The van der Waals surface area contributed by atoms with Crippen molar-refractivity contribution < 1.29 is 23.1 Å². The molecule has 0 saturated carbocycles. The summed E-state index contributed by atoms with van der Waals surface area (Å²) in [6.07, 6.45) is -1.41. The molecule has 0 bridgehead atoms. The molecule has 3 aromatic rings. The molecular formula is C33H40F3N5O2. The third-order valence-electron chi connectivity index (χ3n) is 8.56.